The molecular weight excluding hydrogens is 198 g/mol. The molecule has 0 bridgehead atoms. The fraction of sp³-hybridized carbons (Fsp3) is 0.900. The van der Waals surface area contributed by atoms with Crippen LogP contribution < -0.4 is 5.32 Å². The highest BCUT2D eigenvalue weighted by atomic mass is 16.5. The Bertz CT molecular complexity index is 232. The summed E-state index contributed by atoms with van der Waals surface area (Å²) < 4.78 is 10.6. The standard InChI is InChI=1S/C10H17NO4/c12-9(13)10(3-5-14-7-10)11-6-8-2-1-4-15-8/h8,11H,1-7H2,(H,12,13). The minimum Gasteiger partial charge on any atom is -0.480 e. The number of nitrogens with one attached hydrogen (secondary N) is 1. The van der Waals surface area contributed by atoms with Gasteiger partial charge >= 0.3 is 5.97 Å². The topological polar surface area (TPSA) is 67.8 Å². The molecule has 2 aliphatic rings. The molecule has 2 aliphatic heterocycles. The van der Waals surface area contributed by atoms with Crippen LogP contribution in [0.2, 0.25) is 0 Å². The summed E-state index contributed by atoms with van der Waals surface area (Å²) in [6.45, 7) is 2.18. The summed E-state index contributed by atoms with van der Waals surface area (Å²) in [5.41, 5.74) is -0.883. The van der Waals surface area contributed by atoms with E-state index in [0.29, 0.717) is 19.6 Å². The number of carboxylic acids is 1. The van der Waals surface area contributed by atoms with Crippen molar-refractivity contribution in [2.45, 2.75) is 30.9 Å². The predicted molar refractivity (Wildman–Crippen MR) is 52.8 cm³/mol. The van der Waals surface area contributed by atoms with Gasteiger partial charge in [0, 0.05) is 26.2 Å². The zero-order chi connectivity index (χ0) is 10.7. The van der Waals surface area contributed by atoms with Gasteiger partial charge in [0.15, 0.2) is 0 Å². The number of hydrogen-bond acceptors (Lipinski definition) is 4. The van der Waals surface area contributed by atoms with Crippen molar-refractivity contribution in [1.29, 1.82) is 0 Å². The van der Waals surface area contributed by atoms with E-state index in [-0.39, 0.29) is 12.7 Å². The molecule has 2 rings (SSSR count). The van der Waals surface area contributed by atoms with E-state index in [4.69, 9.17) is 14.6 Å². The molecule has 0 aliphatic carbocycles. The molecule has 2 heterocycles. The first-order valence-corrected chi connectivity index (χ1v) is 5.41. The molecule has 0 saturated carbocycles. The molecule has 2 fully saturated rings. The van der Waals surface area contributed by atoms with Crippen LogP contribution in [0.5, 0.6) is 0 Å². The SMILES string of the molecule is O=C(O)C1(NCC2CCCO2)CCOC1. The summed E-state index contributed by atoms with van der Waals surface area (Å²) in [7, 11) is 0. The van der Waals surface area contributed by atoms with E-state index in [1.807, 2.05) is 0 Å². The van der Waals surface area contributed by atoms with Crippen LogP contribution in [0, 0.1) is 0 Å². The van der Waals surface area contributed by atoms with Crippen LogP contribution in [0.15, 0.2) is 0 Å². The molecule has 2 unspecified atom stereocenters. The van der Waals surface area contributed by atoms with Crippen LogP contribution in [0.3, 0.4) is 0 Å². The highest BCUT2D eigenvalue weighted by Gasteiger charge is 2.42. The van der Waals surface area contributed by atoms with Gasteiger partial charge in [0.1, 0.15) is 5.54 Å². The third kappa shape index (κ3) is 2.30. The first-order chi connectivity index (χ1) is 7.23. The Morgan fingerprint density at radius 1 is 1.53 bits per heavy atom. The van der Waals surface area contributed by atoms with E-state index in [0.717, 1.165) is 19.4 Å². The van der Waals surface area contributed by atoms with Crippen molar-refractivity contribution in [2.75, 3.05) is 26.4 Å². The van der Waals surface area contributed by atoms with E-state index >= 15 is 0 Å². The summed E-state index contributed by atoms with van der Waals surface area (Å²) in [4.78, 5) is 11.1. The van der Waals surface area contributed by atoms with Crippen LogP contribution in [0.4, 0.5) is 0 Å². The first-order valence-electron chi connectivity index (χ1n) is 5.41. The van der Waals surface area contributed by atoms with Crippen LogP contribution >= 0.6 is 0 Å². The van der Waals surface area contributed by atoms with E-state index < -0.39 is 11.5 Å². The van der Waals surface area contributed by atoms with Gasteiger partial charge in [-0.05, 0) is 12.8 Å². The molecule has 0 aromatic heterocycles. The van der Waals surface area contributed by atoms with E-state index in [1.165, 1.54) is 0 Å². The lowest BCUT2D eigenvalue weighted by atomic mass is 9.98. The van der Waals surface area contributed by atoms with Crippen molar-refractivity contribution in [3.63, 3.8) is 0 Å². The molecular formula is C10H17NO4. The fourth-order valence-electron chi connectivity index (χ4n) is 2.06. The highest BCUT2D eigenvalue weighted by Crippen LogP contribution is 2.20. The number of carbonyl (C=O) groups is 1. The lowest BCUT2D eigenvalue weighted by Gasteiger charge is -2.25. The van der Waals surface area contributed by atoms with Crippen molar-refractivity contribution in [2.24, 2.45) is 0 Å². The maximum Gasteiger partial charge on any atom is 0.326 e. The maximum absolute atomic E-state index is 11.1. The molecule has 0 amide bonds. The van der Waals surface area contributed by atoms with Gasteiger partial charge in [-0.15, -0.1) is 0 Å². The number of carboxylic acid groups (broad SMARTS) is 1. The zero-order valence-electron chi connectivity index (χ0n) is 8.70. The van der Waals surface area contributed by atoms with Gasteiger partial charge in [0.05, 0.1) is 12.7 Å². The second kappa shape index (κ2) is 4.47. The molecule has 86 valence electrons. The van der Waals surface area contributed by atoms with Crippen LogP contribution in [-0.4, -0.2) is 49.1 Å². The Hall–Kier alpha value is -0.650. The number of hydrogen-bond donors (Lipinski definition) is 2. The average Bonchev–Trinajstić information content (AvgIpc) is 2.87. The van der Waals surface area contributed by atoms with Gasteiger partial charge in [0.2, 0.25) is 0 Å². The quantitative estimate of drug-likeness (QED) is 0.691. The zero-order valence-corrected chi connectivity index (χ0v) is 8.70. The number of ether oxygens (including phenoxy) is 2. The van der Waals surface area contributed by atoms with Crippen LogP contribution in [0.25, 0.3) is 0 Å². The first kappa shape index (κ1) is 10.9. The highest BCUT2D eigenvalue weighted by molar-refractivity contribution is 5.79. The lowest BCUT2D eigenvalue weighted by Crippen LogP contribution is -2.54. The fourth-order valence-corrected chi connectivity index (χ4v) is 2.06. The lowest BCUT2D eigenvalue weighted by molar-refractivity contribution is -0.145. The van der Waals surface area contributed by atoms with Gasteiger partial charge in [-0.25, -0.2) is 0 Å². The van der Waals surface area contributed by atoms with Crippen molar-refractivity contribution < 1.29 is 19.4 Å². The Kier molecular flexibility index (Phi) is 3.23. The summed E-state index contributed by atoms with van der Waals surface area (Å²) in [6, 6.07) is 0. The normalized spacial score (nSPS) is 35.9. The largest absolute Gasteiger partial charge is 0.480 e. The van der Waals surface area contributed by atoms with E-state index in [2.05, 4.69) is 5.32 Å². The summed E-state index contributed by atoms with van der Waals surface area (Å²) in [5.74, 6) is -0.821. The third-order valence-electron chi connectivity index (χ3n) is 3.12. The van der Waals surface area contributed by atoms with E-state index in [9.17, 15) is 4.79 Å². The third-order valence-corrected chi connectivity index (χ3v) is 3.12. The summed E-state index contributed by atoms with van der Waals surface area (Å²) in [5, 5.41) is 12.2. The monoisotopic (exact) mass is 215 g/mol. The van der Waals surface area contributed by atoms with Gasteiger partial charge in [0.25, 0.3) is 0 Å². The number of aliphatic carboxylic acids is 1. The second-order valence-corrected chi connectivity index (χ2v) is 4.21. The molecule has 5 nitrogen and oxygen atoms in total. The van der Waals surface area contributed by atoms with Gasteiger partial charge in [-0.2, -0.15) is 0 Å². The number of rotatable bonds is 4. The van der Waals surface area contributed by atoms with Crippen molar-refractivity contribution in [3.05, 3.63) is 0 Å². The van der Waals surface area contributed by atoms with Crippen molar-refractivity contribution in [1.82, 2.24) is 5.32 Å². The van der Waals surface area contributed by atoms with Gasteiger partial charge in [-0.3, -0.25) is 10.1 Å². The molecule has 0 aromatic rings. The Balaban J connectivity index is 1.86. The molecule has 2 saturated heterocycles. The molecule has 0 aromatic carbocycles. The molecule has 2 atom stereocenters. The van der Waals surface area contributed by atoms with Crippen molar-refractivity contribution >= 4 is 5.97 Å². The van der Waals surface area contributed by atoms with Gasteiger partial charge < -0.3 is 14.6 Å². The molecule has 5 heteroatoms. The van der Waals surface area contributed by atoms with Crippen LogP contribution in [0.1, 0.15) is 19.3 Å². The Morgan fingerprint density at radius 2 is 2.40 bits per heavy atom. The Labute approximate surface area is 88.7 Å². The van der Waals surface area contributed by atoms with E-state index in [1.54, 1.807) is 0 Å². The van der Waals surface area contributed by atoms with Crippen molar-refractivity contribution in [3.8, 4) is 0 Å². The predicted octanol–water partition coefficient (Wildman–Crippen LogP) is -0.00130. The molecule has 15 heavy (non-hydrogen) atoms. The summed E-state index contributed by atoms with van der Waals surface area (Å²) in [6.07, 6.45) is 2.79. The maximum atomic E-state index is 11.1. The Morgan fingerprint density at radius 3 is 2.93 bits per heavy atom. The van der Waals surface area contributed by atoms with Gasteiger partial charge in [-0.1, -0.05) is 0 Å². The molecule has 0 radical (unpaired) electrons. The second-order valence-electron chi connectivity index (χ2n) is 4.21. The average molecular weight is 215 g/mol. The summed E-state index contributed by atoms with van der Waals surface area (Å²) >= 11 is 0. The molecule has 0 spiro atoms. The minimum atomic E-state index is -0.883. The smallest absolute Gasteiger partial charge is 0.326 e. The van der Waals surface area contributed by atoms with Crippen LogP contribution in [-0.2, 0) is 14.3 Å². The molecule has 2 N–H and O–H groups in total. The minimum absolute atomic E-state index is 0.168.